The van der Waals surface area contributed by atoms with E-state index in [4.69, 9.17) is 11.6 Å². The van der Waals surface area contributed by atoms with E-state index >= 15 is 0 Å². The molecule has 3 aromatic rings. The van der Waals surface area contributed by atoms with Crippen molar-refractivity contribution in [2.24, 2.45) is 0 Å². The summed E-state index contributed by atoms with van der Waals surface area (Å²) in [6.45, 7) is 6.39. The largest absolute Gasteiger partial charge is 0.350 e. The summed E-state index contributed by atoms with van der Waals surface area (Å²) in [6, 6.07) is 15.1. The van der Waals surface area contributed by atoms with E-state index in [0.717, 1.165) is 11.1 Å². The first-order valence-corrected chi connectivity index (χ1v) is 9.02. The predicted octanol–water partition coefficient (Wildman–Crippen LogP) is 4.92. The first kappa shape index (κ1) is 18.9. The Morgan fingerprint density at radius 3 is 2.56 bits per heavy atom. The highest BCUT2D eigenvalue weighted by Crippen LogP contribution is 2.21. The number of halogens is 1. The first-order chi connectivity index (χ1) is 12.9. The molecule has 6 heteroatoms. The topological polar surface area (TPSA) is 66.9 Å². The van der Waals surface area contributed by atoms with Crippen molar-refractivity contribution in [3.8, 4) is 0 Å². The van der Waals surface area contributed by atoms with Crippen LogP contribution in [-0.2, 0) is 6.54 Å². The SMILES string of the molecule is Cc1cc(C(=O)Nc2cc(Cl)ccc2C)nc(NCc2ccccc2C)n1. The van der Waals surface area contributed by atoms with Gasteiger partial charge in [0.1, 0.15) is 5.69 Å². The first-order valence-electron chi connectivity index (χ1n) is 8.64. The zero-order valence-electron chi connectivity index (χ0n) is 15.5. The van der Waals surface area contributed by atoms with E-state index in [1.807, 2.05) is 38.1 Å². The molecule has 0 aliphatic heterocycles. The molecule has 0 fully saturated rings. The molecule has 3 rings (SSSR count). The number of hydrogen-bond acceptors (Lipinski definition) is 4. The van der Waals surface area contributed by atoms with E-state index in [2.05, 4.69) is 33.6 Å². The predicted molar refractivity (Wildman–Crippen MR) is 109 cm³/mol. The van der Waals surface area contributed by atoms with Gasteiger partial charge in [0.25, 0.3) is 5.91 Å². The van der Waals surface area contributed by atoms with Crippen molar-refractivity contribution in [3.63, 3.8) is 0 Å². The average Bonchev–Trinajstić information content (AvgIpc) is 2.63. The third-order valence-corrected chi connectivity index (χ3v) is 4.47. The Balaban J connectivity index is 1.77. The molecule has 1 aromatic heterocycles. The molecular weight excluding hydrogens is 360 g/mol. The van der Waals surface area contributed by atoms with Crippen molar-refractivity contribution in [1.29, 1.82) is 0 Å². The number of aromatic nitrogens is 2. The maximum absolute atomic E-state index is 12.6. The van der Waals surface area contributed by atoms with Crippen molar-refractivity contribution in [2.75, 3.05) is 10.6 Å². The number of carbonyl (C=O) groups excluding carboxylic acids is 1. The number of aryl methyl sites for hydroxylation is 3. The van der Waals surface area contributed by atoms with Crippen LogP contribution in [0.3, 0.4) is 0 Å². The molecule has 2 aromatic carbocycles. The minimum atomic E-state index is -0.301. The molecule has 138 valence electrons. The molecule has 5 nitrogen and oxygen atoms in total. The summed E-state index contributed by atoms with van der Waals surface area (Å²) < 4.78 is 0. The van der Waals surface area contributed by atoms with E-state index in [-0.39, 0.29) is 5.91 Å². The van der Waals surface area contributed by atoms with Crippen LogP contribution in [0.5, 0.6) is 0 Å². The molecule has 0 atom stereocenters. The van der Waals surface area contributed by atoms with Gasteiger partial charge in [0.15, 0.2) is 0 Å². The van der Waals surface area contributed by atoms with Crippen LogP contribution < -0.4 is 10.6 Å². The Morgan fingerprint density at radius 2 is 1.78 bits per heavy atom. The van der Waals surface area contributed by atoms with Crippen LogP contribution in [0.4, 0.5) is 11.6 Å². The molecular formula is C21H21ClN4O. The van der Waals surface area contributed by atoms with Gasteiger partial charge in [-0.15, -0.1) is 0 Å². The van der Waals surface area contributed by atoms with Crippen LogP contribution in [0.25, 0.3) is 0 Å². The lowest BCUT2D eigenvalue weighted by Gasteiger charge is -2.11. The summed E-state index contributed by atoms with van der Waals surface area (Å²) in [6.07, 6.45) is 0. The van der Waals surface area contributed by atoms with Gasteiger partial charge < -0.3 is 10.6 Å². The number of hydrogen-bond donors (Lipinski definition) is 2. The molecule has 0 spiro atoms. The standard InChI is InChI=1S/C21H21ClN4O/c1-13-6-4-5-7-16(13)12-23-21-24-15(3)10-19(26-21)20(27)25-18-11-17(22)9-8-14(18)2/h4-11H,12H2,1-3H3,(H,25,27)(H,23,24,26). The number of nitrogens with zero attached hydrogens (tertiary/aromatic N) is 2. The molecule has 0 radical (unpaired) electrons. The maximum Gasteiger partial charge on any atom is 0.274 e. The molecule has 0 aliphatic carbocycles. The Labute approximate surface area is 163 Å². The number of rotatable bonds is 5. The average molecular weight is 381 g/mol. The zero-order valence-corrected chi connectivity index (χ0v) is 16.3. The normalized spacial score (nSPS) is 10.5. The fourth-order valence-corrected chi connectivity index (χ4v) is 2.83. The highest BCUT2D eigenvalue weighted by atomic mass is 35.5. The second kappa shape index (κ2) is 8.18. The highest BCUT2D eigenvalue weighted by molar-refractivity contribution is 6.31. The van der Waals surface area contributed by atoms with Crippen molar-refractivity contribution in [3.05, 3.63) is 81.6 Å². The summed E-state index contributed by atoms with van der Waals surface area (Å²) in [7, 11) is 0. The lowest BCUT2D eigenvalue weighted by molar-refractivity contribution is 0.102. The summed E-state index contributed by atoms with van der Waals surface area (Å²) >= 11 is 6.02. The molecule has 0 saturated carbocycles. The molecule has 2 N–H and O–H groups in total. The van der Waals surface area contributed by atoms with Crippen LogP contribution in [0.1, 0.15) is 32.9 Å². The Hall–Kier alpha value is -2.92. The zero-order chi connectivity index (χ0) is 19.4. The molecule has 27 heavy (non-hydrogen) atoms. The Bertz CT molecular complexity index is 988. The third-order valence-electron chi connectivity index (χ3n) is 4.23. The molecule has 0 bridgehead atoms. The van der Waals surface area contributed by atoms with E-state index in [1.54, 1.807) is 18.2 Å². The smallest absolute Gasteiger partial charge is 0.274 e. The second-order valence-electron chi connectivity index (χ2n) is 6.41. The van der Waals surface area contributed by atoms with Crippen LogP contribution in [0.15, 0.2) is 48.5 Å². The van der Waals surface area contributed by atoms with Crippen LogP contribution in [0, 0.1) is 20.8 Å². The summed E-state index contributed by atoms with van der Waals surface area (Å²) in [4.78, 5) is 21.4. The minimum Gasteiger partial charge on any atom is -0.350 e. The van der Waals surface area contributed by atoms with Gasteiger partial charge in [0.05, 0.1) is 0 Å². The monoisotopic (exact) mass is 380 g/mol. The van der Waals surface area contributed by atoms with Crippen molar-refractivity contribution < 1.29 is 4.79 Å². The second-order valence-corrected chi connectivity index (χ2v) is 6.85. The molecule has 1 amide bonds. The van der Waals surface area contributed by atoms with Crippen molar-refractivity contribution in [1.82, 2.24) is 9.97 Å². The van der Waals surface area contributed by atoms with E-state index < -0.39 is 0 Å². The number of amides is 1. The van der Waals surface area contributed by atoms with E-state index in [9.17, 15) is 4.79 Å². The number of anilines is 2. The number of carbonyl (C=O) groups is 1. The third kappa shape index (κ3) is 4.83. The number of nitrogens with one attached hydrogen (secondary N) is 2. The number of benzene rings is 2. The fraction of sp³-hybridized carbons (Fsp3) is 0.190. The minimum absolute atomic E-state index is 0.300. The maximum atomic E-state index is 12.6. The van der Waals surface area contributed by atoms with Crippen molar-refractivity contribution in [2.45, 2.75) is 27.3 Å². The van der Waals surface area contributed by atoms with Gasteiger partial charge in [-0.2, -0.15) is 0 Å². The molecule has 1 heterocycles. The van der Waals surface area contributed by atoms with Gasteiger partial charge in [-0.05, 0) is 55.7 Å². The highest BCUT2D eigenvalue weighted by Gasteiger charge is 2.12. The lowest BCUT2D eigenvalue weighted by atomic mass is 10.1. The van der Waals surface area contributed by atoms with Crippen molar-refractivity contribution >= 4 is 29.1 Å². The van der Waals surface area contributed by atoms with E-state index in [0.29, 0.717) is 34.6 Å². The van der Waals surface area contributed by atoms with Gasteiger partial charge in [-0.25, -0.2) is 9.97 Å². The van der Waals surface area contributed by atoms with Gasteiger partial charge in [-0.1, -0.05) is 41.9 Å². The van der Waals surface area contributed by atoms with Crippen LogP contribution >= 0.6 is 11.6 Å². The lowest BCUT2D eigenvalue weighted by Crippen LogP contribution is -2.16. The Morgan fingerprint density at radius 1 is 1.00 bits per heavy atom. The summed E-state index contributed by atoms with van der Waals surface area (Å²) in [5, 5.41) is 6.63. The summed E-state index contributed by atoms with van der Waals surface area (Å²) in [5.41, 5.74) is 4.95. The van der Waals surface area contributed by atoms with Gasteiger partial charge >= 0.3 is 0 Å². The van der Waals surface area contributed by atoms with Gasteiger partial charge in [0.2, 0.25) is 5.95 Å². The van der Waals surface area contributed by atoms with Crippen LogP contribution in [-0.4, -0.2) is 15.9 Å². The fourth-order valence-electron chi connectivity index (χ4n) is 2.66. The Kier molecular flexibility index (Phi) is 5.72. The van der Waals surface area contributed by atoms with Gasteiger partial charge in [-0.3, -0.25) is 4.79 Å². The van der Waals surface area contributed by atoms with Crippen LogP contribution in [0.2, 0.25) is 5.02 Å². The van der Waals surface area contributed by atoms with E-state index in [1.165, 1.54) is 5.56 Å². The molecule has 0 aliphatic rings. The molecule has 0 saturated heterocycles. The molecule has 0 unspecified atom stereocenters. The van der Waals surface area contributed by atoms with Gasteiger partial charge in [0, 0.05) is 22.9 Å². The summed E-state index contributed by atoms with van der Waals surface area (Å²) in [5.74, 6) is 0.121. The quantitative estimate of drug-likeness (QED) is 0.659.